The van der Waals surface area contributed by atoms with Crippen molar-refractivity contribution in [3.05, 3.63) is 252 Å². The maximum Gasteiger partial charge on any atom is 0.305 e. The second-order valence-corrected chi connectivity index (χ2v) is 26.5. The number of ether oxygens (including phenoxy) is 6. The lowest BCUT2D eigenvalue weighted by Gasteiger charge is -2.23. The highest BCUT2D eigenvalue weighted by molar-refractivity contribution is 7.89. The van der Waals surface area contributed by atoms with Crippen LogP contribution in [0.2, 0.25) is 0 Å². The fraction of sp³-hybridized carbons (Fsp3) is 0.162. The summed E-state index contributed by atoms with van der Waals surface area (Å²) in [6.45, 7) is 0.0922. The van der Waals surface area contributed by atoms with Crippen molar-refractivity contribution in [2.24, 2.45) is 15.7 Å². The summed E-state index contributed by atoms with van der Waals surface area (Å²) in [7, 11) is -1.66. The molecular formula is C74H66N8O15S2. The fourth-order valence-corrected chi connectivity index (χ4v) is 14.1. The van der Waals surface area contributed by atoms with Gasteiger partial charge in [-0.1, -0.05) is 133 Å². The van der Waals surface area contributed by atoms with Gasteiger partial charge in [-0.15, -0.1) is 0 Å². The third kappa shape index (κ3) is 15.1. The number of anilines is 2. The number of hydrogen-bond donors (Lipinski definition) is 5. The number of likely N-dealkylation sites (N-methyl/N-ethyl adjacent to an activating group) is 2. The van der Waals surface area contributed by atoms with Crippen LogP contribution in [0.5, 0.6) is 34.5 Å². The topological polar surface area (TPSA) is 305 Å². The summed E-state index contributed by atoms with van der Waals surface area (Å²) in [5, 5.41) is 15.1. The molecule has 0 bridgehead atoms. The maximum absolute atomic E-state index is 13.8. The van der Waals surface area contributed by atoms with Gasteiger partial charge in [0.15, 0.2) is 29.2 Å². The van der Waals surface area contributed by atoms with Crippen LogP contribution in [-0.4, -0.2) is 111 Å². The minimum absolute atomic E-state index is 0.0201. The third-order valence-corrected chi connectivity index (χ3v) is 19.7. The molecule has 23 nitrogen and oxygen atoms in total. The van der Waals surface area contributed by atoms with E-state index in [0.29, 0.717) is 62.4 Å². The molecule has 0 saturated heterocycles. The minimum atomic E-state index is -4.15. The predicted octanol–water partition coefficient (Wildman–Crippen LogP) is 9.80. The van der Waals surface area contributed by atoms with Gasteiger partial charge >= 0.3 is 5.97 Å². The number of carboxylic acids is 1. The van der Waals surface area contributed by atoms with Crippen LogP contribution >= 0.6 is 0 Å². The zero-order chi connectivity index (χ0) is 69.5. The summed E-state index contributed by atoms with van der Waals surface area (Å²) in [5.74, 6) is 0.853. The van der Waals surface area contributed by atoms with Crippen LogP contribution < -0.4 is 58.7 Å². The first-order chi connectivity index (χ1) is 47.7. The van der Waals surface area contributed by atoms with Gasteiger partial charge in [0.2, 0.25) is 45.7 Å². The molecule has 4 aliphatic rings. The number of nitrogens with two attached hydrogens (primary N) is 1. The number of benzodiazepines with no additional fused rings is 2. The largest absolute Gasteiger partial charge is 0.497 e. The van der Waals surface area contributed by atoms with E-state index in [2.05, 4.69) is 19.8 Å². The van der Waals surface area contributed by atoms with Crippen molar-refractivity contribution < 1.29 is 69.5 Å². The summed E-state index contributed by atoms with van der Waals surface area (Å²) < 4.78 is 91.0. The van der Waals surface area contributed by atoms with Crippen molar-refractivity contribution in [2.45, 2.75) is 47.0 Å². The number of carboxylic acid groups (broad SMARTS) is 1. The van der Waals surface area contributed by atoms with Crippen molar-refractivity contribution in [1.82, 2.24) is 14.8 Å². The molecule has 3 amide bonds. The monoisotopic (exact) mass is 1370 g/mol. The van der Waals surface area contributed by atoms with Crippen LogP contribution in [0.3, 0.4) is 0 Å². The Hall–Kier alpha value is -11.5. The van der Waals surface area contributed by atoms with Crippen molar-refractivity contribution in [1.29, 1.82) is 0 Å². The smallest absolute Gasteiger partial charge is 0.305 e. The number of para-hydroxylation sites is 2. The number of fused-ring (bicyclic) bond motifs is 6. The van der Waals surface area contributed by atoms with E-state index in [0.717, 1.165) is 49.8 Å². The van der Waals surface area contributed by atoms with E-state index in [9.17, 15) is 41.1 Å². The number of hydrogen-bond acceptors (Lipinski definition) is 17. The quantitative estimate of drug-likeness (QED) is 0.0566. The van der Waals surface area contributed by atoms with Crippen LogP contribution in [0.1, 0.15) is 58.3 Å². The summed E-state index contributed by atoms with van der Waals surface area (Å²) in [4.78, 5) is 63.4. The van der Waals surface area contributed by atoms with Gasteiger partial charge in [0.05, 0.1) is 65.3 Å². The van der Waals surface area contributed by atoms with Gasteiger partial charge in [-0.2, -0.15) is 0 Å². The number of carbonyl (C=O) groups is 4. The zero-order valence-electron chi connectivity index (χ0n) is 53.8. The van der Waals surface area contributed by atoms with E-state index in [-0.39, 0.29) is 35.7 Å². The molecule has 99 heavy (non-hydrogen) atoms. The number of rotatable bonds is 17. The van der Waals surface area contributed by atoms with Crippen molar-refractivity contribution in [3.63, 3.8) is 0 Å². The summed E-state index contributed by atoms with van der Waals surface area (Å²) in [6.07, 6.45) is -2.92. The summed E-state index contributed by atoms with van der Waals surface area (Å²) >= 11 is 0. The molecule has 0 fully saturated rings. The van der Waals surface area contributed by atoms with Crippen LogP contribution in [0.25, 0.3) is 21.5 Å². The lowest BCUT2D eigenvalue weighted by Crippen LogP contribution is -2.47. The first-order valence-electron chi connectivity index (χ1n) is 31.0. The number of aliphatic carboxylic acids is 1. The van der Waals surface area contributed by atoms with Gasteiger partial charge in [0, 0.05) is 42.8 Å². The average Bonchev–Trinajstić information content (AvgIpc) is 1.74. The number of benzene rings is 10. The highest BCUT2D eigenvalue weighted by atomic mass is 32.2. The molecule has 10 aromatic carbocycles. The molecule has 14 rings (SSSR count). The first-order valence-corrected chi connectivity index (χ1v) is 34.0. The number of nitrogens with zero attached hydrogens (tertiary/aromatic N) is 4. The Kier molecular flexibility index (Phi) is 19.8. The average molecular weight is 1370 g/mol. The van der Waals surface area contributed by atoms with Crippen molar-refractivity contribution >= 4 is 88.1 Å². The molecule has 4 aliphatic heterocycles. The number of aliphatic imine (C=N–C) groups is 2. The summed E-state index contributed by atoms with van der Waals surface area (Å²) in [5.41, 5.74) is 13.0. The Balaban J connectivity index is 0.000000157. The molecule has 0 aliphatic carbocycles. The molecule has 25 heteroatoms. The van der Waals surface area contributed by atoms with Gasteiger partial charge < -0.3 is 54.4 Å². The van der Waals surface area contributed by atoms with Crippen LogP contribution in [0, 0.1) is 0 Å². The Morgan fingerprint density at radius 2 is 0.929 bits per heavy atom. The molecule has 0 radical (unpaired) electrons. The predicted molar refractivity (Wildman–Crippen MR) is 373 cm³/mol. The third-order valence-electron chi connectivity index (χ3n) is 16.7. The Morgan fingerprint density at radius 3 is 1.40 bits per heavy atom. The number of carbonyl (C=O) groups excluding carboxylic acids is 3. The van der Waals surface area contributed by atoms with E-state index >= 15 is 0 Å². The second-order valence-electron chi connectivity index (χ2n) is 23.1. The van der Waals surface area contributed by atoms with E-state index < -0.39 is 68.7 Å². The van der Waals surface area contributed by atoms with E-state index in [1.54, 1.807) is 118 Å². The highest BCUT2D eigenvalue weighted by Gasteiger charge is 2.34. The molecule has 4 heterocycles. The lowest BCUT2D eigenvalue weighted by molar-refractivity contribution is -0.137. The minimum Gasteiger partial charge on any atom is -0.497 e. The van der Waals surface area contributed by atoms with Gasteiger partial charge in [-0.3, -0.25) is 24.2 Å². The molecule has 0 saturated carbocycles. The zero-order valence-corrected chi connectivity index (χ0v) is 55.4. The SMILES string of the molecule is CN1C(=O)C(N)N=C(c2ccccc2)c2ccccc21.COc1ccc2cc(S(=O)(=O)N[C@H](CC(=O)NC3N=C(c4ccccc4)c4ccccc4N(C)C3=O)c3ccc4c(c3)OCO4)ccc2c1.COc1ccc2cc(S(=O)(=O)N[C@H](CC(=O)O)c3ccc4c(c3)OCO4)ccc2c1. The van der Waals surface area contributed by atoms with E-state index in [1.807, 2.05) is 115 Å². The van der Waals surface area contributed by atoms with Gasteiger partial charge in [0.25, 0.3) is 11.8 Å². The fourth-order valence-electron chi connectivity index (χ4n) is 11.6. The Labute approximate surface area is 570 Å². The Morgan fingerprint density at radius 1 is 0.515 bits per heavy atom. The van der Waals surface area contributed by atoms with Gasteiger partial charge in [0.1, 0.15) is 11.5 Å². The number of sulfonamides is 2. The first kappa shape index (κ1) is 67.5. The highest BCUT2D eigenvalue weighted by Crippen LogP contribution is 2.38. The molecule has 4 atom stereocenters. The van der Waals surface area contributed by atoms with Crippen LogP contribution in [0.15, 0.2) is 238 Å². The molecule has 10 aromatic rings. The molecular weight excluding hydrogens is 1300 g/mol. The standard InChI is InChI=1S/C37H32N4O7S.C21H19NO7S.C16H15N3O/c1-41-31-11-7-6-10-29(31)35(23-8-4-3-5-9-23)39-36(37(41)43)38-34(42)21-30(26-14-17-32-33(20-26)48-22-47-32)40-49(44,45)28-16-13-24-18-27(46-2)15-12-25(24)19-28;1-27-16-5-2-14-9-17(6-3-13(14)8-16)30(25,26)22-18(11-21(23)24)15-4-7-19-20(10-15)29-12-28-19;1-19-13-10-6-5-9-12(13)14(18-15(17)16(19)20)11-7-3-2-4-8-11/h3-20,30,36,40H,21-22H2,1-2H3,(H,38,42);2-10,18,22H,11-12H2,1H3,(H,23,24);2-10,15H,17H2,1H3/t30-,36?;18-;/m11./s1. The maximum atomic E-state index is 13.8. The molecule has 2 unspecified atom stereocenters. The lowest BCUT2D eigenvalue weighted by atomic mass is 10.0. The number of methoxy groups -OCH3 is 2. The molecule has 0 spiro atoms. The number of nitrogens with one attached hydrogen (secondary N) is 3. The molecule has 504 valence electrons. The normalized spacial score (nSPS) is 15.8. The molecule has 6 N–H and O–H groups in total. The van der Waals surface area contributed by atoms with Crippen molar-refractivity contribution in [3.8, 4) is 34.5 Å². The van der Waals surface area contributed by atoms with Crippen molar-refractivity contribution in [2.75, 3.05) is 51.7 Å². The molecule has 0 aromatic heterocycles. The van der Waals surface area contributed by atoms with Gasteiger partial charge in [-0.25, -0.2) is 31.3 Å². The Bertz CT molecular complexity index is 5060. The van der Waals surface area contributed by atoms with Gasteiger partial charge in [-0.05, 0) is 118 Å². The van der Waals surface area contributed by atoms with Crippen LogP contribution in [-0.2, 0) is 39.2 Å². The van der Waals surface area contributed by atoms with E-state index in [1.165, 1.54) is 23.1 Å². The van der Waals surface area contributed by atoms with E-state index in [4.69, 9.17) is 39.1 Å². The second kappa shape index (κ2) is 29.1. The summed E-state index contributed by atoms with van der Waals surface area (Å²) in [6, 6.07) is 62.2. The van der Waals surface area contributed by atoms with Crippen LogP contribution in [0.4, 0.5) is 11.4 Å². The number of amides is 3.